The monoisotopic (exact) mass is 360 g/mol. The summed E-state index contributed by atoms with van der Waals surface area (Å²) in [6, 6.07) is 16.8. The Morgan fingerprint density at radius 1 is 1.04 bits per heavy atom. The van der Waals surface area contributed by atoms with E-state index in [1.54, 1.807) is 18.3 Å². The van der Waals surface area contributed by atoms with Gasteiger partial charge in [0.1, 0.15) is 17.5 Å². The van der Waals surface area contributed by atoms with Crippen LogP contribution in [0, 0.1) is 12.7 Å². The number of anilines is 2. The van der Waals surface area contributed by atoms with Crippen molar-refractivity contribution in [3.05, 3.63) is 72.2 Å². The van der Waals surface area contributed by atoms with E-state index in [2.05, 4.69) is 40.8 Å². The summed E-state index contributed by atoms with van der Waals surface area (Å²) in [5.74, 6) is 1.33. The van der Waals surface area contributed by atoms with Crippen LogP contribution in [-0.2, 0) is 6.54 Å². The summed E-state index contributed by atoms with van der Waals surface area (Å²) in [6.07, 6.45) is 2.75. The Balaban J connectivity index is 1.67. The number of pyridine rings is 1. The van der Waals surface area contributed by atoms with Crippen LogP contribution in [-0.4, -0.2) is 14.5 Å². The average molecular weight is 360 g/mol. The van der Waals surface area contributed by atoms with Gasteiger partial charge >= 0.3 is 0 Å². The quantitative estimate of drug-likeness (QED) is 0.496. The highest BCUT2D eigenvalue weighted by molar-refractivity contribution is 5.80. The zero-order chi connectivity index (χ0) is 18.8. The maximum atomic E-state index is 13.7. The van der Waals surface area contributed by atoms with Gasteiger partial charge in [-0.15, -0.1) is 0 Å². The van der Waals surface area contributed by atoms with Gasteiger partial charge in [-0.1, -0.05) is 24.6 Å². The Morgan fingerprint density at radius 3 is 2.56 bits per heavy atom. The van der Waals surface area contributed by atoms with Crippen LogP contribution in [0.1, 0.15) is 18.9 Å². The van der Waals surface area contributed by atoms with E-state index in [4.69, 9.17) is 4.98 Å². The first-order valence-electron chi connectivity index (χ1n) is 9.10. The molecule has 2 aromatic heterocycles. The Kier molecular flexibility index (Phi) is 4.59. The zero-order valence-corrected chi connectivity index (χ0v) is 15.4. The molecule has 0 bridgehead atoms. The largest absolute Gasteiger partial charge is 0.340 e. The van der Waals surface area contributed by atoms with E-state index in [0.717, 1.165) is 46.9 Å². The molecule has 0 aliphatic heterocycles. The lowest BCUT2D eigenvalue weighted by Gasteiger charge is -2.09. The Morgan fingerprint density at radius 2 is 1.85 bits per heavy atom. The van der Waals surface area contributed by atoms with Gasteiger partial charge in [-0.25, -0.2) is 14.4 Å². The first-order valence-corrected chi connectivity index (χ1v) is 9.10. The molecule has 4 rings (SSSR count). The average Bonchev–Trinajstić information content (AvgIpc) is 3.02. The lowest BCUT2D eigenvalue weighted by Crippen LogP contribution is -2.01. The molecule has 0 saturated carbocycles. The van der Waals surface area contributed by atoms with Gasteiger partial charge in [-0.05, 0) is 55.8 Å². The van der Waals surface area contributed by atoms with Gasteiger partial charge in [0.2, 0.25) is 0 Å². The highest BCUT2D eigenvalue weighted by Crippen LogP contribution is 2.26. The third-order valence-corrected chi connectivity index (χ3v) is 4.50. The molecule has 0 atom stereocenters. The van der Waals surface area contributed by atoms with Crippen LogP contribution in [0.2, 0.25) is 0 Å². The standard InChI is InChI=1S/C22H21FN4/c1-3-12-27-20-13-17(23)7-10-19(20)26-22(27)16-6-11-21(24-14-16)25-18-8-4-15(2)5-9-18/h4-11,13-14H,3,12H2,1-2H3,(H,24,25). The predicted molar refractivity (Wildman–Crippen MR) is 108 cm³/mol. The first-order chi connectivity index (χ1) is 13.1. The van der Waals surface area contributed by atoms with E-state index >= 15 is 0 Å². The molecule has 27 heavy (non-hydrogen) atoms. The van der Waals surface area contributed by atoms with Gasteiger partial charge in [0.25, 0.3) is 0 Å². The number of halogens is 1. The molecule has 5 heteroatoms. The van der Waals surface area contributed by atoms with Crippen molar-refractivity contribution in [3.63, 3.8) is 0 Å². The number of aryl methyl sites for hydroxylation is 2. The number of aromatic nitrogens is 3. The van der Waals surface area contributed by atoms with E-state index in [0.29, 0.717) is 0 Å². The molecule has 2 heterocycles. The van der Waals surface area contributed by atoms with Crippen molar-refractivity contribution in [2.45, 2.75) is 26.8 Å². The van der Waals surface area contributed by atoms with Crippen LogP contribution < -0.4 is 5.32 Å². The molecule has 0 spiro atoms. The Labute approximate surface area is 157 Å². The second-order valence-corrected chi connectivity index (χ2v) is 6.64. The van der Waals surface area contributed by atoms with Crippen molar-refractivity contribution in [1.82, 2.24) is 14.5 Å². The normalized spacial score (nSPS) is 11.1. The number of nitrogens with one attached hydrogen (secondary N) is 1. The molecule has 0 fully saturated rings. The maximum Gasteiger partial charge on any atom is 0.142 e. The summed E-state index contributed by atoms with van der Waals surface area (Å²) in [5, 5.41) is 3.30. The van der Waals surface area contributed by atoms with Crippen LogP contribution in [0.15, 0.2) is 60.8 Å². The molecule has 4 aromatic rings. The van der Waals surface area contributed by atoms with Crippen molar-refractivity contribution in [3.8, 4) is 11.4 Å². The maximum absolute atomic E-state index is 13.7. The van der Waals surface area contributed by atoms with Gasteiger partial charge < -0.3 is 9.88 Å². The molecule has 0 radical (unpaired) electrons. The minimum Gasteiger partial charge on any atom is -0.340 e. The van der Waals surface area contributed by atoms with E-state index in [1.807, 2.05) is 24.3 Å². The van der Waals surface area contributed by atoms with E-state index in [-0.39, 0.29) is 5.82 Å². The van der Waals surface area contributed by atoms with Crippen molar-refractivity contribution < 1.29 is 4.39 Å². The third kappa shape index (κ3) is 3.53. The van der Waals surface area contributed by atoms with Gasteiger partial charge in [0.15, 0.2) is 0 Å². The number of imidazole rings is 1. The molecule has 0 saturated heterocycles. The Bertz CT molecular complexity index is 1070. The summed E-state index contributed by atoms with van der Waals surface area (Å²) >= 11 is 0. The number of hydrogen-bond donors (Lipinski definition) is 1. The third-order valence-electron chi connectivity index (χ3n) is 4.50. The topological polar surface area (TPSA) is 42.7 Å². The first kappa shape index (κ1) is 17.2. The van der Waals surface area contributed by atoms with Crippen molar-refractivity contribution >= 4 is 22.5 Å². The van der Waals surface area contributed by atoms with E-state index in [9.17, 15) is 4.39 Å². The van der Waals surface area contributed by atoms with Crippen LogP contribution in [0.5, 0.6) is 0 Å². The summed E-state index contributed by atoms with van der Waals surface area (Å²) in [4.78, 5) is 9.23. The summed E-state index contributed by atoms with van der Waals surface area (Å²) < 4.78 is 15.7. The van der Waals surface area contributed by atoms with Gasteiger partial charge in [-0.3, -0.25) is 0 Å². The summed E-state index contributed by atoms with van der Waals surface area (Å²) in [6.45, 7) is 4.94. The highest BCUT2D eigenvalue weighted by Gasteiger charge is 2.13. The lowest BCUT2D eigenvalue weighted by atomic mass is 10.2. The zero-order valence-electron chi connectivity index (χ0n) is 15.4. The number of fused-ring (bicyclic) bond motifs is 1. The van der Waals surface area contributed by atoms with Gasteiger partial charge in [0, 0.05) is 24.0 Å². The van der Waals surface area contributed by atoms with Gasteiger partial charge in [0.05, 0.1) is 11.0 Å². The van der Waals surface area contributed by atoms with Crippen LogP contribution in [0.25, 0.3) is 22.4 Å². The van der Waals surface area contributed by atoms with Crippen LogP contribution in [0.3, 0.4) is 0 Å². The van der Waals surface area contributed by atoms with Crippen LogP contribution >= 0.6 is 0 Å². The molecule has 136 valence electrons. The fraction of sp³-hybridized carbons (Fsp3) is 0.182. The molecule has 0 unspecified atom stereocenters. The SMILES string of the molecule is CCCn1c(-c2ccc(Nc3ccc(C)cc3)nc2)nc2ccc(F)cc21. The second kappa shape index (κ2) is 7.19. The van der Waals surface area contributed by atoms with Crippen LogP contribution in [0.4, 0.5) is 15.9 Å². The van der Waals surface area contributed by atoms with E-state index in [1.165, 1.54) is 11.6 Å². The smallest absolute Gasteiger partial charge is 0.142 e. The molecular formula is C22H21FN4. The number of benzene rings is 2. The van der Waals surface area contributed by atoms with Crippen molar-refractivity contribution in [2.24, 2.45) is 0 Å². The molecule has 0 aliphatic carbocycles. The molecule has 4 nitrogen and oxygen atoms in total. The molecule has 2 aromatic carbocycles. The van der Waals surface area contributed by atoms with Crippen molar-refractivity contribution in [2.75, 3.05) is 5.32 Å². The second-order valence-electron chi connectivity index (χ2n) is 6.64. The molecule has 0 amide bonds. The number of hydrogen-bond acceptors (Lipinski definition) is 3. The number of rotatable bonds is 5. The fourth-order valence-corrected chi connectivity index (χ4v) is 3.15. The number of nitrogens with zero attached hydrogens (tertiary/aromatic N) is 3. The highest BCUT2D eigenvalue weighted by atomic mass is 19.1. The molecule has 1 N–H and O–H groups in total. The fourth-order valence-electron chi connectivity index (χ4n) is 3.15. The summed E-state index contributed by atoms with van der Waals surface area (Å²) in [5.41, 5.74) is 4.73. The lowest BCUT2D eigenvalue weighted by molar-refractivity contribution is 0.627. The van der Waals surface area contributed by atoms with Gasteiger partial charge in [-0.2, -0.15) is 0 Å². The van der Waals surface area contributed by atoms with E-state index < -0.39 is 0 Å². The summed E-state index contributed by atoms with van der Waals surface area (Å²) in [7, 11) is 0. The predicted octanol–water partition coefficient (Wildman–Crippen LogP) is 5.70. The minimum absolute atomic E-state index is 0.248. The molecule has 0 aliphatic rings. The minimum atomic E-state index is -0.248. The molecular weight excluding hydrogens is 339 g/mol. The van der Waals surface area contributed by atoms with Crippen molar-refractivity contribution in [1.29, 1.82) is 0 Å². The Hall–Kier alpha value is -3.21.